The number of esters is 1. The first-order valence-electron chi connectivity index (χ1n) is 13.5. The Morgan fingerprint density at radius 1 is 0.897 bits per heavy atom. The highest BCUT2D eigenvalue weighted by molar-refractivity contribution is 6.23. The summed E-state index contributed by atoms with van der Waals surface area (Å²) in [6.45, 7) is 1.60. The molecule has 1 saturated heterocycles. The maximum absolute atomic E-state index is 13.6. The third-order valence-electron chi connectivity index (χ3n) is 8.56. The van der Waals surface area contributed by atoms with Crippen molar-refractivity contribution in [3.8, 4) is 0 Å². The fourth-order valence-electron chi connectivity index (χ4n) is 6.80. The minimum atomic E-state index is -0.697. The number of carbonyl (C=O) groups is 4. The lowest BCUT2D eigenvalue weighted by Gasteiger charge is -2.28. The van der Waals surface area contributed by atoms with Crippen LogP contribution in [-0.2, 0) is 25.5 Å². The van der Waals surface area contributed by atoms with E-state index in [-0.39, 0.29) is 47.0 Å². The number of fused-ring (bicyclic) bond motifs is 5. The van der Waals surface area contributed by atoms with Crippen molar-refractivity contribution in [2.75, 3.05) is 16.8 Å². The van der Waals surface area contributed by atoms with Crippen LogP contribution in [0.25, 0.3) is 0 Å². The van der Waals surface area contributed by atoms with Crippen molar-refractivity contribution in [3.63, 3.8) is 0 Å². The van der Waals surface area contributed by atoms with Gasteiger partial charge in [-0.05, 0) is 78.5 Å². The Labute approximate surface area is 227 Å². The fourth-order valence-corrected chi connectivity index (χ4v) is 6.80. The molecule has 3 aliphatic rings. The number of benzene rings is 3. The number of carbonyl (C=O) groups excluding carboxylic acids is 4. The lowest BCUT2D eigenvalue weighted by molar-refractivity contribution is -0.123. The summed E-state index contributed by atoms with van der Waals surface area (Å²) in [5.41, 5.74) is 3.55. The Hall–Kier alpha value is -4.26. The molecule has 3 aromatic rings. The number of imide groups is 1. The first kappa shape index (κ1) is 25.0. The Morgan fingerprint density at radius 2 is 1.64 bits per heavy atom. The molecule has 0 spiro atoms. The van der Waals surface area contributed by atoms with Gasteiger partial charge in [0, 0.05) is 5.69 Å². The summed E-state index contributed by atoms with van der Waals surface area (Å²) in [7, 11) is 0. The van der Waals surface area contributed by atoms with Crippen LogP contribution < -0.4 is 10.2 Å². The molecule has 0 aromatic heterocycles. The van der Waals surface area contributed by atoms with E-state index in [0.717, 1.165) is 24.8 Å². The van der Waals surface area contributed by atoms with Crippen molar-refractivity contribution < 1.29 is 23.9 Å². The van der Waals surface area contributed by atoms with Gasteiger partial charge in [-0.15, -0.1) is 0 Å². The van der Waals surface area contributed by atoms with Gasteiger partial charge in [0.15, 0.2) is 6.61 Å². The third kappa shape index (κ3) is 4.52. The number of aryl methyl sites for hydroxylation is 1. The minimum absolute atomic E-state index is 0.147. The van der Waals surface area contributed by atoms with Gasteiger partial charge in [0.05, 0.1) is 23.1 Å². The quantitative estimate of drug-likeness (QED) is 0.349. The van der Waals surface area contributed by atoms with Crippen LogP contribution >= 0.6 is 0 Å². The van der Waals surface area contributed by atoms with Crippen molar-refractivity contribution in [1.29, 1.82) is 0 Å². The molecule has 3 amide bonds. The molecule has 39 heavy (non-hydrogen) atoms. The van der Waals surface area contributed by atoms with E-state index in [9.17, 15) is 19.2 Å². The van der Waals surface area contributed by atoms with Gasteiger partial charge in [0.1, 0.15) is 0 Å². The number of nitrogens with one attached hydrogen (secondary N) is 1. The second-order valence-electron chi connectivity index (χ2n) is 10.7. The second kappa shape index (κ2) is 10.1. The minimum Gasteiger partial charge on any atom is -0.452 e. The number of hydrogen-bond donors (Lipinski definition) is 1. The lowest BCUT2D eigenvalue weighted by Crippen LogP contribution is -2.33. The lowest BCUT2D eigenvalue weighted by atomic mass is 9.73. The topological polar surface area (TPSA) is 92.8 Å². The predicted molar refractivity (Wildman–Crippen MR) is 146 cm³/mol. The van der Waals surface area contributed by atoms with Crippen LogP contribution in [0, 0.1) is 23.7 Å². The van der Waals surface area contributed by atoms with E-state index < -0.39 is 18.5 Å². The van der Waals surface area contributed by atoms with Crippen molar-refractivity contribution in [2.45, 2.75) is 32.1 Å². The van der Waals surface area contributed by atoms with E-state index in [4.69, 9.17) is 4.74 Å². The average molecular weight is 523 g/mol. The zero-order valence-corrected chi connectivity index (χ0v) is 21.7. The number of hydrogen-bond acceptors (Lipinski definition) is 5. The van der Waals surface area contributed by atoms with E-state index in [1.807, 2.05) is 37.3 Å². The summed E-state index contributed by atoms with van der Waals surface area (Å²) in [6.07, 6.45) is 2.72. The number of anilines is 2. The summed E-state index contributed by atoms with van der Waals surface area (Å²) in [5, 5.41) is 2.71. The standard InChI is InChI=1S/C32H30N2O5/c1-2-19-11-13-23(14-12-19)33-27(35)18-39-32(38)21-9-6-10-24(15-21)34-30(36)28-22-16-25(20-7-4-3-5-8-20)26(17-22)29(28)31(34)37/h3-15,22,25-26,28-29H,2,16-18H2,1H3,(H,33,35)/t22-,25+,26+,28+,29+/m0/s1. The normalized spacial score (nSPS) is 25.1. The molecule has 2 bridgehead atoms. The molecule has 0 radical (unpaired) electrons. The van der Waals surface area contributed by atoms with Crippen LogP contribution in [0.3, 0.4) is 0 Å². The highest BCUT2D eigenvalue weighted by Gasteiger charge is 2.64. The highest BCUT2D eigenvalue weighted by atomic mass is 16.5. The summed E-state index contributed by atoms with van der Waals surface area (Å²) >= 11 is 0. The van der Waals surface area contributed by atoms with Crippen LogP contribution in [-0.4, -0.2) is 30.3 Å². The number of nitrogens with zero attached hydrogens (tertiary/aromatic N) is 1. The molecular formula is C32H30N2O5. The zero-order valence-electron chi connectivity index (χ0n) is 21.7. The maximum atomic E-state index is 13.6. The molecule has 198 valence electrons. The van der Waals surface area contributed by atoms with Gasteiger partial charge in [0.25, 0.3) is 5.91 Å². The second-order valence-corrected chi connectivity index (χ2v) is 10.7. The van der Waals surface area contributed by atoms with Crippen molar-refractivity contribution >= 4 is 35.1 Å². The summed E-state index contributed by atoms with van der Waals surface area (Å²) in [4.78, 5) is 53.4. The molecule has 5 atom stereocenters. The van der Waals surface area contributed by atoms with Crippen molar-refractivity contribution in [3.05, 3.63) is 95.6 Å². The Kier molecular flexibility index (Phi) is 6.51. The van der Waals surface area contributed by atoms with Gasteiger partial charge in [-0.3, -0.25) is 19.3 Å². The third-order valence-corrected chi connectivity index (χ3v) is 8.56. The van der Waals surface area contributed by atoms with Crippen molar-refractivity contribution in [1.82, 2.24) is 0 Å². The molecule has 3 aromatic carbocycles. The molecule has 7 heteroatoms. The average Bonchev–Trinajstić information content (AvgIpc) is 3.63. The van der Waals surface area contributed by atoms with Crippen LogP contribution in [0.4, 0.5) is 11.4 Å². The van der Waals surface area contributed by atoms with E-state index in [2.05, 4.69) is 17.4 Å². The summed E-state index contributed by atoms with van der Waals surface area (Å²) in [5.74, 6) is -1.52. The van der Waals surface area contributed by atoms with Gasteiger partial charge in [-0.25, -0.2) is 4.79 Å². The fraction of sp³-hybridized carbons (Fsp3) is 0.312. The van der Waals surface area contributed by atoms with Crippen LogP contribution in [0.5, 0.6) is 0 Å². The molecular weight excluding hydrogens is 492 g/mol. The molecule has 1 aliphatic heterocycles. The highest BCUT2D eigenvalue weighted by Crippen LogP contribution is 2.61. The molecule has 1 heterocycles. The van der Waals surface area contributed by atoms with Gasteiger partial charge < -0.3 is 10.1 Å². The largest absolute Gasteiger partial charge is 0.452 e. The van der Waals surface area contributed by atoms with E-state index in [1.54, 1.807) is 30.3 Å². The van der Waals surface area contributed by atoms with Gasteiger partial charge >= 0.3 is 5.97 Å². The summed E-state index contributed by atoms with van der Waals surface area (Å²) < 4.78 is 5.22. The van der Waals surface area contributed by atoms with E-state index >= 15 is 0 Å². The van der Waals surface area contributed by atoms with Crippen LogP contribution in [0.15, 0.2) is 78.9 Å². The van der Waals surface area contributed by atoms with E-state index in [0.29, 0.717) is 11.4 Å². The molecule has 2 aliphatic carbocycles. The SMILES string of the molecule is CCc1ccc(NC(=O)COC(=O)c2cccc(N3C(=O)[C@@H]4[C@@H]5C[C@@H]([C@H]4C3=O)[C@@H](c3ccccc3)C5)c2)cc1. The van der Waals surface area contributed by atoms with Crippen LogP contribution in [0.2, 0.25) is 0 Å². The van der Waals surface area contributed by atoms with Gasteiger partial charge in [-0.1, -0.05) is 55.5 Å². The van der Waals surface area contributed by atoms with Crippen LogP contribution in [0.1, 0.15) is 47.2 Å². The maximum Gasteiger partial charge on any atom is 0.338 e. The smallest absolute Gasteiger partial charge is 0.338 e. The molecule has 6 rings (SSSR count). The van der Waals surface area contributed by atoms with E-state index in [1.165, 1.54) is 16.5 Å². The monoisotopic (exact) mass is 522 g/mol. The first-order chi connectivity index (χ1) is 18.9. The first-order valence-corrected chi connectivity index (χ1v) is 13.5. The molecule has 3 fully saturated rings. The molecule has 7 nitrogen and oxygen atoms in total. The Balaban J connectivity index is 1.12. The Bertz CT molecular complexity index is 1430. The number of amides is 3. The Morgan fingerprint density at radius 3 is 2.38 bits per heavy atom. The zero-order chi connectivity index (χ0) is 27.1. The molecule has 1 N–H and O–H groups in total. The molecule has 2 saturated carbocycles. The van der Waals surface area contributed by atoms with Gasteiger partial charge in [0.2, 0.25) is 11.8 Å². The van der Waals surface area contributed by atoms with Crippen molar-refractivity contribution in [2.24, 2.45) is 23.7 Å². The summed E-state index contributed by atoms with van der Waals surface area (Å²) in [6, 6.07) is 24.0. The number of ether oxygens (including phenoxy) is 1. The number of rotatable bonds is 7. The van der Waals surface area contributed by atoms with Gasteiger partial charge in [-0.2, -0.15) is 0 Å². The predicted octanol–water partition coefficient (Wildman–Crippen LogP) is 4.97. The molecule has 0 unspecified atom stereocenters.